The average Bonchev–Trinajstić information content (AvgIpc) is 2.97. The standard InChI is InChI=1S/C16H26N2O2S/c1-4-14-10-11-18(12-14)21(19,20)16-8-6-15(7-9-16)13(3)17-5-2/h6-9,13-14,17H,4-5,10-12H2,1-3H3. The lowest BCUT2D eigenvalue weighted by Gasteiger charge is -2.18. The highest BCUT2D eigenvalue weighted by Gasteiger charge is 2.31. The molecule has 1 aromatic rings. The Kier molecular flexibility index (Phi) is 5.41. The zero-order chi connectivity index (χ0) is 15.5. The van der Waals surface area contributed by atoms with E-state index in [9.17, 15) is 8.42 Å². The van der Waals surface area contributed by atoms with Crippen molar-refractivity contribution in [1.29, 1.82) is 0 Å². The van der Waals surface area contributed by atoms with Crippen LogP contribution in [-0.2, 0) is 10.0 Å². The van der Waals surface area contributed by atoms with Gasteiger partial charge >= 0.3 is 0 Å². The summed E-state index contributed by atoms with van der Waals surface area (Å²) in [6, 6.07) is 7.53. The summed E-state index contributed by atoms with van der Waals surface area (Å²) in [6.45, 7) is 8.47. The van der Waals surface area contributed by atoms with Crippen LogP contribution in [0.25, 0.3) is 0 Å². The Balaban J connectivity index is 2.14. The van der Waals surface area contributed by atoms with E-state index in [1.54, 1.807) is 16.4 Å². The van der Waals surface area contributed by atoms with Crippen molar-refractivity contribution in [3.05, 3.63) is 29.8 Å². The number of hydrogen-bond donors (Lipinski definition) is 1. The van der Waals surface area contributed by atoms with Gasteiger partial charge in [-0.05, 0) is 43.5 Å². The predicted molar refractivity (Wildman–Crippen MR) is 85.7 cm³/mol. The van der Waals surface area contributed by atoms with Crippen molar-refractivity contribution in [3.8, 4) is 0 Å². The zero-order valence-corrected chi connectivity index (χ0v) is 14.0. The maximum absolute atomic E-state index is 12.6. The summed E-state index contributed by atoms with van der Waals surface area (Å²) in [5, 5.41) is 3.33. The van der Waals surface area contributed by atoms with Gasteiger partial charge < -0.3 is 5.32 Å². The van der Waals surface area contributed by atoms with E-state index in [0.29, 0.717) is 23.9 Å². The van der Waals surface area contributed by atoms with Gasteiger partial charge in [0.2, 0.25) is 10.0 Å². The van der Waals surface area contributed by atoms with Crippen molar-refractivity contribution >= 4 is 10.0 Å². The van der Waals surface area contributed by atoms with Crippen molar-refractivity contribution in [1.82, 2.24) is 9.62 Å². The quantitative estimate of drug-likeness (QED) is 0.879. The second-order valence-corrected chi connectivity index (χ2v) is 7.71. The van der Waals surface area contributed by atoms with Gasteiger partial charge in [0, 0.05) is 19.1 Å². The third-order valence-corrected chi connectivity index (χ3v) is 6.23. The van der Waals surface area contributed by atoms with Crippen LogP contribution in [0.15, 0.2) is 29.2 Å². The van der Waals surface area contributed by atoms with E-state index in [0.717, 1.165) is 24.9 Å². The first kappa shape index (κ1) is 16.5. The number of rotatable bonds is 6. The van der Waals surface area contributed by atoms with Crippen LogP contribution in [0.3, 0.4) is 0 Å². The largest absolute Gasteiger partial charge is 0.310 e. The SMILES string of the molecule is CCNC(C)c1ccc(S(=O)(=O)N2CCC(CC)C2)cc1. The molecule has 1 heterocycles. The molecule has 4 nitrogen and oxygen atoms in total. The van der Waals surface area contributed by atoms with Gasteiger partial charge in [-0.15, -0.1) is 0 Å². The number of hydrogen-bond acceptors (Lipinski definition) is 3. The average molecular weight is 310 g/mol. The van der Waals surface area contributed by atoms with Crippen LogP contribution in [-0.4, -0.2) is 32.4 Å². The lowest BCUT2D eigenvalue weighted by Crippen LogP contribution is -2.29. The molecule has 0 aliphatic carbocycles. The van der Waals surface area contributed by atoms with Gasteiger partial charge in [-0.1, -0.05) is 32.4 Å². The third-order valence-electron chi connectivity index (χ3n) is 4.35. The van der Waals surface area contributed by atoms with Gasteiger partial charge in [0.15, 0.2) is 0 Å². The minimum atomic E-state index is -3.32. The number of nitrogens with one attached hydrogen (secondary N) is 1. The molecule has 0 radical (unpaired) electrons. The Labute approximate surface area is 128 Å². The summed E-state index contributed by atoms with van der Waals surface area (Å²) in [4.78, 5) is 0.409. The first-order valence-electron chi connectivity index (χ1n) is 7.82. The van der Waals surface area contributed by atoms with E-state index in [1.807, 2.05) is 12.1 Å². The van der Waals surface area contributed by atoms with Crippen LogP contribution in [0.1, 0.15) is 45.2 Å². The topological polar surface area (TPSA) is 49.4 Å². The summed E-state index contributed by atoms with van der Waals surface area (Å²) >= 11 is 0. The molecule has 21 heavy (non-hydrogen) atoms. The lowest BCUT2D eigenvalue weighted by molar-refractivity contribution is 0.453. The van der Waals surface area contributed by atoms with Crippen LogP contribution >= 0.6 is 0 Å². The molecule has 118 valence electrons. The normalized spacial score (nSPS) is 21.6. The van der Waals surface area contributed by atoms with Gasteiger partial charge in [0.05, 0.1) is 4.90 Å². The maximum atomic E-state index is 12.6. The molecule has 1 saturated heterocycles. The van der Waals surface area contributed by atoms with Crippen LogP contribution < -0.4 is 5.32 Å². The molecule has 1 aliphatic heterocycles. The molecule has 0 spiro atoms. The van der Waals surface area contributed by atoms with Crippen LogP contribution in [0.4, 0.5) is 0 Å². The molecule has 2 rings (SSSR count). The minimum absolute atomic E-state index is 0.239. The van der Waals surface area contributed by atoms with E-state index in [2.05, 4.69) is 26.1 Å². The Morgan fingerprint density at radius 2 is 1.95 bits per heavy atom. The molecule has 5 heteroatoms. The van der Waals surface area contributed by atoms with Crippen LogP contribution in [0, 0.1) is 5.92 Å². The Hall–Kier alpha value is -0.910. The fraction of sp³-hybridized carbons (Fsp3) is 0.625. The molecule has 0 bridgehead atoms. The van der Waals surface area contributed by atoms with Gasteiger partial charge in [0.25, 0.3) is 0 Å². The fourth-order valence-electron chi connectivity index (χ4n) is 2.85. The molecule has 0 aromatic heterocycles. The maximum Gasteiger partial charge on any atom is 0.243 e. The van der Waals surface area contributed by atoms with Crippen molar-refractivity contribution < 1.29 is 8.42 Å². The molecule has 1 N–H and O–H groups in total. The van der Waals surface area contributed by atoms with Gasteiger partial charge in [-0.2, -0.15) is 4.31 Å². The van der Waals surface area contributed by atoms with Gasteiger partial charge in [-0.25, -0.2) is 8.42 Å². The molecule has 0 amide bonds. The summed E-state index contributed by atoms with van der Waals surface area (Å²) in [5.74, 6) is 0.507. The van der Waals surface area contributed by atoms with Crippen molar-refractivity contribution in [2.24, 2.45) is 5.92 Å². The van der Waals surface area contributed by atoms with E-state index in [1.165, 1.54) is 0 Å². The summed E-state index contributed by atoms with van der Waals surface area (Å²) < 4.78 is 26.9. The Morgan fingerprint density at radius 3 is 2.48 bits per heavy atom. The van der Waals surface area contributed by atoms with E-state index < -0.39 is 10.0 Å². The van der Waals surface area contributed by atoms with Gasteiger partial charge in [0.1, 0.15) is 0 Å². The first-order valence-corrected chi connectivity index (χ1v) is 9.26. The molecule has 0 saturated carbocycles. The predicted octanol–water partition coefficient (Wildman–Crippen LogP) is 2.78. The third kappa shape index (κ3) is 3.65. The highest BCUT2D eigenvalue weighted by Crippen LogP contribution is 2.26. The summed E-state index contributed by atoms with van der Waals surface area (Å²) in [7, 11) is -3.32. The van der Waals surface area contributed by atoms with E-state index in [4.69, 9.17) is 0 Å². The van der Waals surface area contributed by atoms with Crippen LogP contribution in [0.2, 0.25) is 0 Å². The molecule has 1 aliphatic rings. The smallest absolute Gasteiger partial charge is 0.243 e. The van der Waals surface area contributed by atoms with Gasteiger partial charge in [-0.3, -0.25) is 0 Å². The molecule has 2 atom stereocenters. The second kappa shape index (κ2) is 6.90. The summed E-state index contributed by atoms with van der Waals surface area (Å²) in [5.41, 5.74) is 1.11. The molecule has 1 fully saturated rings. The number of sulfonamides is 1. The Morgan fingerprint density at radius 1 is 1.29 bits per heavy atom. The van der Waals surface area contributed by atoms with Crippen molar-refractivity contribution in [2.45, 2.75) is 44.6 Å². The van der Waals surface area contributed by atoms with E-state index in [-0.39, 0.29) is 6.04 Å². The number of benzene rings is 1. The highest BCUT2D eigenvalue weighted by molar-refractivity contribution is 7.89. The van der Waals surface area contributed by atoms with Crippen LogP contribution in [0.5, 0.6) is 0 Å². The van der Waals surface area contributed by atoms with Crippen molar-refractivity contribution in [2.75, 3.05) is 19.6 Å². The summed E-state index contributed by atoms with van der Waals surface area (Å²) in [6.07, 6.45) is 2.02. The number of nitrogens with zero attached hydrogens (tertiary/aromatic N) is 1. The molecular weight excluding hydrogens is 284 g/mol. The molecule has 1 aromatic carbocycles. The molecular formula is C16H26N2O2S. The second-order valence-electron chi connectivity index (χ2n) is 5.77. The van der Waals surface area contributed by atoms with E-state index >= 15 is 0 Å². The fourth-order valence-corrected chi connectivity index (χ4v) is 4.38. The lowest BCUT2D eigenvalue weighted by atomic mass is 10.1. The highest BCUT2D eigenvalue weighted by atomic mass is 32.2. The first-order chi connectivity index (χ1) is 9.98. The molecule has 2 unspecified atom stereocenters. The minimum Gasteiger partial charge on any atom is -0.310 e. The van der Waals surface area contributed by atoms with Crippen molar-refractivity contribution in [3.63, 3.8) is 0 Å². The monoisotopic (exact) mass is 310 g/mol. The zero-order valence-electron chi connectivity index (χ0n) is 13.2. The Bertz CT molecular complexity index is 554.